The zero-order valence-corrected chi connectivity index (χ0v) is 11.4. The summed E-state index contributed by atoms with van der Waals surface area (Å²) in [5.74, 6) is -14.0. The van der Waals surface area contributed by atoms with Crippen molar-refractivity contribution in [2.45, 2.75) is 6.42 Å². The molecule has 0 heterocycles. The van der Waals surface area contributed by atoms with Gasteiger partial charge in [-0.25, -0.2) is 22.4 Å². The highest BCUT2D eigenvalue weighted by molar-refractivity contribution is 5.92. The van der Waals surface area contributed by atoms with E-state index < -0.39 is 46.3 Å². The van der Waals surface area contributed by atoms with E-state index in [0.29, 0.717) is 0 Å². The molecule has 0 saturated heterocycles. The Morgan fingerprint density at radius 3 is 1.73 bits per heavy atom. The largest absolute Gasteiger partial charge is 0.545 e. The van der Waals surface area contributed by atoms with E-state index in [2.05, 4.69) is 5.73 Å². The molecule has 0 unspecified atom stereocenters. The summed E-state index contributed by atoms with van der Waals surface area (Å²) in [5, 5.41) is 18.4. The second-order valence-electron chi connectivity index (χ2n) is 3.80. The molecular formula is C12H13F4NO5. The van der Waals surface area contributed by atoms with Crippen molar-refractivity contribution in [1.82, 2.24) is 0 Å². The lowest BCUT2D eigenvalue weighted by atomic mass is 10.1. The van der Waals surface area contributed by atoms with Crippen molar-refractivity contribution in [2.24, 2.45) is 0 Å². The second-order valence-corrected chi connectivity index (χ2v) is 3.80. The smallest absolute Gasteiger partial charge is 0.341 e. The number of methoxy groups -OCH3 is 1. The molecule has 0 aromatic heterocycles. The van der Waals surface area contributed by atoms with Crippen LogP contribution in [0.4, 0.5) is 17.6 Å². The van der Waals surface area contributed by atoms with Gasteiger partial charge in [0.25, 0.3) is 0 Å². The Bertz CT molecular complexity index is 487. The summed E-state index contributed by atoms with van der Waals surface area (Å²) in [4.78, 5) is 20.4. The van der Waals surface area contributed by atoms with Crippen LogP contribution in [0.15, 0.2) is 0 Å². The first-order valence-corrected chi connectivity index (χ1v) is 5.79. The van der Waals surface area contributed by atoms with Crippen LogP contribution in [0.25, 0.3) is 0 Å². The first-order valence-electron chi connectivity index (χ1n) is 5.79. The van der Waals surface area contributed by atoms with Crippen LogP contribution in [0, 0.1) is 23.3 Å². The quantitative estimate of drug-likeness (QED) is 0.433. The Balaban J connectivity index is 0.000000626. The molecule has 0 aliphatic heterocycles. The monoisotopic (exact) mass is 327 g/mol. The van der Waals surface area contributed by atoms with E-state index >= 15 is 0 Å². The van der Waals surface area contributed by atoms with Gasteiger partial charge in [0.05, 0.1) is 24.7 Å². The third-order valence-electron chi connectivity index (χ3n) is 2.28. The minimum Gasteiger partial charge on any atom is -0.545 e. The molecule has 1 aromatic carbocycles. The summed E-state index contributed by atoms with van der Waals surface area (Å²) in [6.07, 6.45) is 1.08. The molecule has 124 valence electrons. The van der Waals surface area contributed by atoms with Gasteiger partial charge >= 0.3 is 5.97 Å². The van der Waals surface area contributed by atoms with Gasteiger partial charge in [0.1, 0.15) is 5.56 Å². The lowest BCUT2D eigenvalue weighted by Gasteiger charge is -2.09. The van der Waals surface area contributed by atoms with Gasteiger partial charge in [0, 0.05) is 13.5 Å². The number of ether oxygens (including phenoxy) is 1. The molecule has 0 spiro atoms. The molecule has 0 atom stereocenters. The Kier molecular flexibility index (Phi) is 8.05. The molecule has 1 rings (SSSR count). The summed E-state index contributed by atoms with van der Waals surface area (Å²) in [6.45, 7) is 1.83. The Morgan fingerprint density at radius 2 is 1.50 bits per heavy atom. The predicted molar refractivity (Wildman–Crippen MR) is 61.8 cm³/mol. The highest BCUT2D eigenvalue weighted by Crippen LogP contribution is 2.23. The minimum absolute atomic E-state index is 0.851. The lowest BCUT2D eigenvalue weighted by molar-refractivity contribution is -0.369. The first kappa shape index (κ1) is 19.8. The van der Waals surface area contributed by atoms with Gasteiger partial charge in [0.2, 0.25) is 0 Å². The molecular weight excluding hydrogens is 314 g/mol. The maximum Gasteiger partial charge on any atom is 0.341 e. The third-order valence-corrected chi connectivity index (χ3v) is 2.28. The van der Waals surface area contributed by atoms with Crippen LogP contribution in [-0.4, -0.2) is 37.3 Å². The molecule has 0 bridgehead atoms. The van der Waals surface area contributed by atoms with E-state index in [4.69, 9.17) is 9.84 Å². The molecule has 4 N–H and O–H groups in total. The van der Waals surface area contributed by atoms with Gasteiger partial charge in [-0.15, -0.1) is 0 Å². The fourth-order valence-corrected chi connectivity index (χ4v) is 1.25. The fraction of sp³-hybridized carbons (Fsp3) is 0.333. The average Bonchev–Trinajstić information content (AvgIpc) is 2.43. The molecule has 22 heavy (non-hydrogen) atoms. The van der Waals surface area contributed by atoms with Crippen molar-refractivity contribution < 1.29 is 47.8 Å². The van der Waals surface area contributed by atoms with E-state index in [0.717, 1.165) is 19.6 Å². The molecule has 0 fully saturated rings. The van der Waals surface area contributed by atoms with Crippen LogP contribution in [0.5, 0.6) is 0 Å². The zero-order chi connectivity index (χ0) is 17.4. The Morgan fingerprint density at radius 1 is 1.09 bits per heavy atom. The van der Waals surface area contributed by atoms with Crippen LogP contribution < -0.4 is 10.8 Å². The number of aromatic carboxylic acids is 2. The maximum atomic E-state index is 12.9. The van der Waals surface area contributed by atoms with Crippen molar-refractivity contribution in [3.63, 3.8) is 0 Å². The van der Waals surface area contributed by atoms with Crippen molar-refractivity contribution in [1.29, 1.82) is 0 Å². The first-order chi connectivity index (χ1) is 10.2. The van der Waals surface area contributed by atoms with E-state index in [1.165, 1.54) is 0 Å². The summed E-state index contributed by atoms with van der Waals surface area (Å²) >= 11 is 0. The third kappa shape index (κ3) is 4.67. The highest BCUT2D eigenvalue weighted by atomic mass is 19.2. The molecule has 0 aliphatic carbocycles. The van der Waals surface area contributed by atoms with Crippen LogP contribution >= 0.6 is 0 Å². The number of carboxylic acid groups (broad SMARTS) is 2. The highest BCUT2D eigenvalue weighted by Gasteiger charge is 2.29. The second kappa shape index (κ2) is 8.95. The molecule has 0 aliphatic rings. The zero-order valence-electron chi connectivity index (χ0n) is 11.4. The van der Waals surface area contributed by atoms with Gasteiger partial charge in [-0.2, -0.15) is 0 Å². The lowest BCUT2D eigenvalue weighted by Crippen LogP contribution is -2.50. The number of benzene rings is 1. The average molecular weight is 327 g/mol. The van der Waals surface area contributed by atoms with E-state index in [9.17, 15) is 32.3 Å². The summed E-state index contributed by atoms with van der Waals surface area (Å²) in [6, 6.07) is 0. The van der Waals surface area contributed by atoms with E-state index in [1.54, 1.807) is 7.11 Å². The molecule has 1 aromatic rings. The number of hydrogen-bond acceptors (Lipinski definition) is 4. The van der Waals surface area contributed by atoms with E-state index in [1.807, 2.05) is 0 Å². The van der Waals surface area contributed by atoms with Crippen molar-refractivity contribution in [3.8, 4) is 0 Å². The fourth-order valence-electron chi connectivity index (χ4n) is 1.25. The standard InChI is InChI=1S/C8H2F4O4.C4H11NO/c9-3-1(7(13)14)4(10)6(12)2(5(3)11)8(15)16;1-6-4-2-3-5/h(H,13,14)(H,15,16);2-5H2,1H3. The van der Waals surface area contributed by atoms with Gasteiger partial charge < -0.3 is 25.5 Å². The number of hydrogen-bond donors (Lipinski definition) is 2. The summed E-state index contributed by atoms with van der Waals surface area (Å²) in [7, 11) is 1.70. The maximum absolute atomic E-state index is 12.9. The SMILES string of the molecule is COCCC[NH3+].O=C([O-])c1c(F)c(F)c(C(=O)O)c(F)c1F. The van der Waals surface area contributed by atoms with Crippen LogP contribution in [0.1, 0.15) is 27.1 Å². The van der Waals surface area contributed by atoms with Crippen molar-refractivity contribution in [2.75, 3.05) is 20.3 Å². The molecule has 10 heteroatoms. The van der Waals surface area contributed by atoms with Gasteiger partial charge in [0.15, 0.2) is 23.3 Å². The van der Waals surface area contributed by atoms with Crippen molar-refractivity contribution in [3.05, 3.63) is 34.4 Å². The summed E-state index contributed by atoms with van der Waals surface area (Å²) < 4.78 is 56.2. The predicted octanol–water partition coefficient (Wildman–Crippen LogP) is -0.430. The Labute approximate surface area is 122 Å². The topological polar surface area (TPSA) is 114 Å². The molecule has 6 nitrogen and oxygen atoms in total. The minimum atomic E-state index is -2.50. The molecule has 0 saturated carbocycles. The normalized spacial score (nSPS) is 9.91. The van der Waals surface area contributed by atoms with Crippen LogP contribution in [0.3, 0.4) is 0 Å². The molecule has 0 amide bonds. The summed E-state index contributed by atoms with van der Waals surface area (Å²) in [5.41, 5.74) is -0.246. The van der Waals surface area contributed by atoms with Crippen molar-refractivity contribution >= 4 is 11.9 Å². The number of carbonyl (C=O) groups is 2. The van der Waals surface area contributed by atoms with Crippen LogP contribution in [0.2, 0.25) is 0 Å². The number of quaternary nitrogens is 1. The number of halogens is 4. The van der Waals surface area contributed by atoms with E-state index in [-0.39, 0.29) is 0 Å². The number of carbonyl (C=O) groups excluding carboxylic acids is 1. The van der Waals surface area contributed by atoms with Crippen LogP contribution in [-0.2, 0) is 4.74 Å². The van der Waals surface area contributed by atoms with Gasteiger partial charge in [-0.3, -0.25) is 0 Å². The molecule has 0 radical (unpaired) electrons. The van der Waals surface area contributed by atoms with Gasteiger partial charge in [-0.1, -0.05) is 0 Å². The number of rotatable bonds is 5. The number of carboxylic acids is 2. The Hall–Kier alpha value is -2.20. The van der Waals surface area contributed by atoms with Gasteiger partial charge in [-0.05, 0) is 0 Å².